The number of carbonyl (C=O) groups is 4. The Kier molecular flexibility index (Phi) is 4.07. The van der Waals surface area contributed by atoms with Crippen molar-refractivity contribution in [1.29, 1.82) is 0 Å². The minimum absolute atomic E-state index is 0.0302. The van der Waals surface area contributed by atoms with Crippen LogP contribution >= 0.6 is 0 Å². The summed E-state index contributed by atoms with van der Waals surface area (Å²) < 4.78 is 14.1. The highest BCUT2D eigenvalue weighted by atomic mass is 16.5. The van der Waals surface area contributed by atoms with Gasteiger partial charge in [0.2, 0.25) is 11.6 Å². The first kappa shape index (κ1) is 15.4. The first-order valence-electron chi connectivity index (χ1n) is 6.15. The van der Waals surface area contributed by atoms with E-state index in [1.807, 2.05) is 0 Å². The molecule has 0 saturated heterocycles. The van der Waals surface area contributed by atoms with Gasteiger partial charge in [0.05, 0.1) is 26.9 Å². The highest BCUT2D eigenvalue weighted by molar-refractivity contribution is 6.42. The topological polar surface area (TPSA) is 96.0 Å². The van der Waals surface area contributed by atoms with E-state index in [2.05, 4.69) is 9.47 Å². The summed E-state index contributed by atoms with van der Waals surface area (Å²) in [5, 5.41) is 0. The number of fused-ring (bicyclic) bond motifs is 1. The summed E-state index contributed by atoms with van der Waals surface area (Å²) in [6.45, 7) is 0. The standard InChI is InChI=1S/C15H12O7/c1-20-8-6-4-5-7-9(8)13(17)11(15(19)22-3)10(12(7)16)14(18)21-2/h4-6H,1-3H3. The summed E-state index contributed by atoms with van der Waals surface area (Å²) in [6.07, 6.45) is 0. The van der Waals surface area contributed by atoms with Crippen molar-refractivity contribution in [3.63, 3.8) is 0 Å². The van der Waals surface area contributed by atoms with Crippen LogP contribution in [0.5, 0.6) is 5.75 Å². The Morgan fingerprint density at radius 2 is 1.41 bits per heavy atom. The maximum Gasteiger partial charge on any atom is 0.342 e. The van der Waals surface area contributed by atoms with Crippen molar-refractivity contribution >= 4 is 23.5 Å². The molecule has 0 aromatic heterocycles. The molecule has 1 aromatic rings. The number of hydrogen-bond acceptors (Lipinski definition) is 7. The summed E-state index contributed by atoms with van der Waals surface area (Å²) in [4.78, 5) is 48.7. The molecule has 0 amide bonds. The normalized spacial score (nSPS) is 13.6. The van der Waals surface area contributed by atoms with Gasteiger partial charge in [-0.25, -0.2) is 9.59 Å². The van der Waals surface area contributed by atoms with Gasteiger partial charge < -0.3 is 14.2 Å². The minimum Gasteiger partial charge on any atom is -0.496 e. The zero-order valence-electron chi connectivity index (χ0n) is 12.1. The van der Waals surface area contributed by atoms with Crippen molar-refractivity contribution in [2.24, 2.45) is 0 Å². The molecule has 0 N–H and O–H groups in total. The molecule has 1 aliphatic rings. The molecule has 0 unspecified atom stereocenters. The maximum absolute atomic E-state index is 12.6. The molecular weight excluding hydrogens is 292 g/mol. The monoisotopic (exact) mass is 304 g/mol. The molecule has 0 saturated carbocycles. The van der Waals surface area contributed by atoms with Gasteiger partial charge in [0.1, 0.15) is 16.9 Å². The average molecular weight is 304 g/mol. The Morgan fingerprint density at radius 3 is 1.91 bits per heavy atom. The van der Waals surface area contributed by atoms with Crippen LogP contribution in [0.2, 0.25) is 0 Å². The molecule has 0 aliphatic heterocycles. The van der Waals surface area contributed by atoms with Crippen molar-refractivity contribution in [3.8, 4) is 5.75 Å². The van der Waals surface area contributed by atoms with E-state index in [1.165, 1.54) is 25.3 Å². The second-order valence-corrected chi connectivity index (χ2v) is 4.27. The lowest BCUT2D eigenvalue weighted by Gasteiger charge is -2.20. The van der Waals surface area contributed by atoms with E-state index < -0.39 is 34.7 Å². The molecular formula is C15H12O7. The second-order valence-electron chi connectivity index (χ2n) is 4.27. The van der Waals surface area contributed by atoms with Crippen molar-refractivity contribution in [3.05, 3.63) is 40.5 Å². The Hall–Kier alpha value is -2.96. The lowest BCUT2D eigenvalue weighted by Crippen LogP contribution is -2.31. The molecule has 0 atom stereocenters. The molecule has 7 nitrogen and oxygen atoms in total. The third kappa shape index (κ3) is 2.16. The van der Waals surface area contributed by atoms with Crippen molar-refractivity contribution in [2.75, 3.05) is 21.3 Å². The number of ketones is 2. The predicted octanol–water partition coefficient (Wildman–Crippen LogP) is 0.717. The Bertz CT molecular complexity index is 727. The summed E-state index contributed by atoms with van der Waals surface area (Å²) in [6, 6.07) is 4.35. The molecule has 2 rings (SSSR count). The van der Waals surface area contributed by atoms with Gasteiger partial charge in [-0.1, -0.05) is 12.1 Å². The van der Waals surface area contributed by atoms with Gasteiger partial charge in [-0.05, 0) is 6.07 Å². The van der Waals surface area contributed by atoms with Crippen LogP contribution in [0, 0.1) is 0 Å². The first-order valence-corrected chi connectivity index (χ1v) is 6.15. The highest BCUT2D eigenvalue weighted by Crippen LogP contribution is 2.33. The molecule has 1 aromatic carbocycles. The fraction of sp³-hybridized carbons (Fsp3) is 0.200. The third-order valence-electron chi connectivity index (χ3n) is 3.20. The lowest BCUT2D eigenvalue weighted by molar-refractivity contribution is -0.138. The summed E-state index contributed by atoms with van der Waals surface area (Å²) in [7, 11) is 3.41. The quantitative estimate of drug-likeness (QED) is 0.599. The molecule has 0 heterocycles. The molecule has 0 fully saturated rings. The number of ether oxygens (including phenoxy) is 3. The Labute approximate surface area is 125 Å². The van der Waals surface area contributed by atoms with Gasteiger partial charge >= 0.3 is 11.9 Å². The van der Waals surface area contributed by atoms with Crippen LogP contribution in [-0.4, -0.2) is 44.8 Å². The van der Waals surface area contributed by atoms with Gasteiger partial charge in [-0.3, -0.25) is 9.59 Å². The number of rotatable bonds is 3. The zero-order valence-corrected chi connectivity index (χ0v) is 12.1. The van der Waals surface area contributed by atoms with Gasteiger partial charge in [0, 0.05) is 5.56 Å². The Morgan fingerprint density at radius 1 is 0.864 bits per heavy atom. The molecule has 0 spiro atoms. The Balaban J connectivity index is 2.80. The van der Waals surface area contributed by atoms with E-state index in [0.29, 0.717) is 0 Å². The number of hydrogen-bond donors (Lipinski definition) is 0. The number of methoxy groups -OCH3 is 3. The number of esters is 2. The second kappa shape index (κ2) is 5.80. The van der Waals surface area contributed by atoms with E-state index in [4.69, 9.17) is 4.74 Å². The maximum atomic E-state index is 12.6. The van der Waals surface area contributed by atoms with Crippen LogP contribution in [0.3, 0.4) is 0 Å². The van der Waals surface area contributed by atoms with E-state index in [0.717, 1.165) is 14.2 Å². The van der Waals surface area contributed by atoms with Crippen LogP contribution in [0.4, 0.5) is 0 Å². The number of benzene rings is 1. The molecule has 114 valence electrons. The van der Waals surface area contributed by atoms with Crippen LogP contribution in [0.25, 0.3) is 0 Å². The largest absolute Gasteiger partial charge is 0.496 e. The van der Waals surface area contributed by atoms with E-state index in [9.17, 15) is 19.2 Å². The minimum atomic E-state index is -1.09. The molecule has 22 heavy (non-hydrogen) atoms. The zero-order chi connectivity index (χ0) is 16.4. The first-order chi connectivity index (χ1) is 10.5. The fourth-order valence-electron chi connectivity index (χ4n) is 2.21. The van der Waals surface area contributed by atoms with Gasteiger partial charge in [-0.2, -0.15) is 0 Å². The molecule has 0 bridgehead atoms. The predicted molar refractivity (Wildman–Crippen MR) is 72.7 cm³/mol. The highest BCUT2D eigenvalue weighted by Gasteiger charge is 2.41. The van der Waals surface area contributed by atoms with Crippen LogP contribution < -0.4 is 4.74 Å². The summed E-state index contributed by atoms with van der Waals surface area (Å²) in [5.41, 5.74) is -1.41. The van der Waals surface area contributed by atoms with Crippen molar-refractivity contribution in [2.45, 2.75) is 0 Å². The lowest BCUT2D eigenvalue weighted by atomic mass is 9.83. The van der Waals surface area contributed by atoms with Gasteiger partial charge in [0.25, 0.3) is 0 Å². The van der Waals surface area contributed by atoms with Crippen molar-refractivity contribution < 1.29 is 33.4 Å². The summed E-state index contributed by atoms with van der Waals surface area (Å²) in [5.74, 6) is -3.65. The van der Waals surface area contributed by atoms with Gasteiger partial charge in [-0.15, -0.1) is 0 Å². The number of Topliss-reactive ketones (excluding diaryl/α,β-unsaturated/α-hetero) is 2. The van der Waals surface area contributed by atoms with E-state index in [-0.39, 0.29) is 16.9 Å². The average Bonchev–Trinajstić information content (AvgIpc) is 2.55. The van der Waals surface area contributed by atoms with E-state index in [1.54, 1.807) is 0 Å². The van der Waals surface area contributed by atoms with Crippen LogP contribution in [0.1, 0.15) is 20.7 Å². The SMILES string of the molecule is COC(=O)C1=C(C(=O)OC)C(=O)c2c(OC)cccc2C1=O. The number of carbonyl (C=O) groups excluding carboxylic acids is 4. The third-order valence-corrected chi connectivity index (χ3v) is 3.20. The smallest absolute Gasteiger partial charge is 0.342 e. The molecule has 7 heteroatoms. The molecule has 0 radical (unpaired) electrons. The van der Waals surface area contributed by atoms with E-state index >= 15 is 0 Å². The summed E-state index contributed by atoms with van der Waals surface area (Å²) >= 11 is 0. The molecule has 1 aliphatic carbocycles. The fourth-order valence-corrected chi connectivity index (χ4v) is 2.21. The van der Waals surface area contributed by atoms with Crippen LogP contribution in [0.15, 0.2) is 29.3 Å². The van der Waals surface area contributed by atoms with Gasteiger partial charge in [0.15, 0.2) is 0 Å². The van der Waals surface area contributed by atoms with Crippen molar-refractivity contribution in [1.82, 2.24) is 0 Å². The van der Waals surface area contributed by atoms with Crippen LogP contribution in [-0.2, 0) is 19.1 Å².